The Morgan fingerprint density at radius 3 is 2.74 bits per heavy atom. The molecule has 3 amide bonds. The largest absolute Gasteiger partial charge is 0.482 e. The van der Waals surface area contributed by atoms with Gasteiger partial charge in [-0.05, 0) is 24.6 Å². The minimum atomic E-state index is -0.289. The predicted molar refractivity (Wildman–Crippen MR) is 86.5 cm³/mol. The smallest absolute Gasteiger partial charge is 0.265 e. The Hall–Kier alpha value is -2.57. The molecule has 1 aromatic carbocycles. The lowest BCUT2D eigenvalue weighted by Gasteiger charge is -2.29. The summed E-state index contributed by atoms with van der Waals surface area (Å²) in [5, 5.41) is 5.48. The molecule has 2 rings (SSSR count). The fourth-order valence-corrected chi connectivity index (χ4v) is 2.17. The standard InChI is InChI=1S/C16H21N3O4/c1-3-7-17-15(21)9-19-12-8-11(18-14(20)4-2)5-6-13(12)23-10-16(19)22/h5-6,8H,3-4,7,9-10H2,1-2H3,(H,17,21)(H,18,20). The van der Waals surface area contributed by atoms with E-state index in [1.807, 2.05) is 6.92 Å². The van der Waals surface area contributed by atoms with Gasteiger partial charge in [0.2, 0.25) is 11.8 Å². The first-order valence-electron chi connectivity index (χ1n) is 7.69. The molecular weight excluding hydrogens is 298 g/mol. The van der Waals surface area contributed by atoms with Gasteiger partial charge in [-0.3, -0.25) is 19.3 Å². The van der Waals surface area contributed by atoms with Crippen LogP contribution in [0.1, 0.15) is 26.7 Å². The van der Waals surface area contributed by atoms with E-state index in [1.165, 1.54) is 4.90 Å². The molecule has 0 spiro atoms. The number of carbonyl (C=O) groups excluding carboxylic acids is 3. The van der Waals surface area contributed by atoms with Crippen molar-refractivity contribution < 1.29 is 19.1 Å². The van der Waals surface area contributed by atoms with Crippen molar-refractivity contribution >= 4 is 29.1 Å². The summed E-state index contributed by atoms with van der Waals surface area (Å²) >= 11 is 0. The lowest BCUT2D eigenvalue weighted by Crippen LogP contribution is -2.45. The lowest BCUT2D eigenvalue weighted by atomic mass is 10.2. The van der Waals surface area contributed by atoms with E-state index in [2.05, 4.69) is 10.6 Å². The summed E-state index contributed by atoms with van der Waals surface area (Å²) in [5.74, 6) is -0.123. The molecule has 1 aromatic rings. The quantitative estimate of drug-likeness (QED) is 0.827. The molecule has 0 unspecified atom stereocenters. The van der Waals surface area contributed by atoms with Crippen LogP contribution >= 0.6 is 0 Å². The zero-order valence-corrected chi connectivity index (χ0v) is 13.3. The van der Waals surface area contributed by atoms with E-state index in [1.54, 1.807) is 25.1 Å². The van der Waals surface area contributed by atoms with E-state index in [0.29, 0.717) is 30.1 Å². The molecule has 7 nitrogen and oxygen atoms in total. The molecule has 0 saturated heterocycles. The maximum Gasteiger partial charge on any atom is 0.265 e. The summed E-state index contributed by atoms with van der Waals surface area (Å²) in [6.45, 7) is 4.11. The van der Waals surface area contributed by atoms with Crippen LogP contribution in [-0.2, 0) is 14.4 Å². The maximum absolute atomic E-state index is 12.1. The molecule has 124 valence electrons. The Kier molecular flexibility index (Phi) is 5.56. The van der Waals surface area contributed by atoms with Gasteiger partial charge in [0, 0.05) is 18.7 Å². The lowest BCUT2D eigenvalue weighted by molar-refractivity contribution is -0.125. The minimum absolute atomic E-state index is 0.0691. The Bertz CT molecular complexity index is 615. The van der Waals surface area contributed by atoms with Gasteiger partial charge in [0.15, 0.2) is 6.61 Å². The van der Waals surface area contributed by atoms with Crippen LogP contribution in [0, 0.1) is 0 Å². The first kappa shape index (κ1) is 16.8. The van der Waals surface area contributed by atoms with Gasteiger partial charge in [-0.1, -0.05) is 13.8 Å². The molecule has 0 saturated carbocycles. The van der Waals surface area contributed by atoms with Crippen molar-refractivity contribution in [1.29, 1.82) is 0 Å². The second kappa shape index (κ2) is 7.62. The van der Waals surface area contributed by atoms with E-state index in [4.69, 9.17) is 4.74 Å². The number of anilines is 2. The molecule has 0 aliphatic carbocycles. The Labute approximate surface area is 135 Å². The van der Waals surface area contributed by atoms with Crippen LogP contribution in [0.4, 0.5) is 11.4 Å². The normalized spacial score (nSPS) is 13.1. The number of benzene rings is 1. The predicted octanol–water partition coefficient (Wildman–Crippen LogP) is 1.29. The molecule has 1 aliphatic rings. The number of hydrogen-bond donors (Lipinski definition) is 2. The number of fused-ring (bicyclic) bond motifs is 1. The second-order valence-corrected chi connectivity index (χ2v) is 5.20. The second-order valence-electron chi connectivity index (χ2n) is 5.20. The van der Waals surface area contributed by atoms with Gasteiger partial charge in [0.25, 0.3) is 5.91 Å². The van der Waals surface area contributed by atoms with Gasteiger partial charge in [0.1, 0.15) is 12.3 Å². The first-order chi connectivity index (χ1) is 11.0. The molecule has 0 atom stereocenters. The summed E-state index contributed by atoms with van der Waals surface area (Å²) in [6.07, 6.45) is 1.18. The molecule has 23 heavy (non-hydrogen) atoms. The van der Waals surface area contributed by atoms with Crippen LogP contribution in [-0.4, -0.2) is 37.4 Å². The third kappa shape index (κ3) is 4.21. The van der Waals surface area contributed by atoms with E-state index < -0.39 is 0 Å². The van der Waals surface area contributed by atoms with Crippen LogP contribution in [0.3, 0.4) is 0 Å². The summed E-state index contributed by atoms with van der Waals surface area (Å²) in [4.78, 5) is 36.9. The van der Waals surface area contributed by atoms with Crippen molar-refractivity contribution in [2.75, 3.05) is 29.9 Å². The molecule has 7 heteroatoms. The SMILES string of the molecule is CCCNC(=O)CN1C(=O)COc2ccc(NC(=O)CC)cc21. The summed E-state index contributed by atoms with van der Waals surface area (Å²) in [6, 6.07) is 5.04. The molecule has 2 N–H and O–H groups in total. The number of hydrogen-bond acceptors (Lipinski definition) is 4. The fourth-order valence-electron chi connectivity index (χ4n) is 2.17. The van der Waals surface area contributed by atoms with Gasteiger partial charge in [-0.2, -0.15) is 0 Å². The van der Waals surface area contributed by atoms with Crippen molar-refractivity contribution in [1.82, 2.24) is 5.32 Å². The zero-order chi connectivity index (χ0) is 16.8. The molecule has 0 radical (unpaired) electrons. The van der Waals surface area contributed by atoms with Gasteiger partial charge in [-0.25, -0.2) is 0 Å². The number of nitrogens with one attached hydrogen (secondary N) is 2. The van der Waals surface area contributed by atoms with Gasteiger partial charge in [0.05, 0.1) is 5.69 Å². The highest BCUT2D eigenvalue weighted by Gasteiger charge is 2.27. The van der Waals surface area contributed by atoms with E-state index >= 15 is 0 Å². The summed E-state index contributed by atoms with van der Waals surface area (Å²) < 4.78 is 5.38. The van der Waals surface area contributed by atoms with Crippen LogP contribution in [0.5, 0.6) is 5.75 Å². The van der Waals surface area contributed by atoms with Crippen molar-refractivity contribution in [2.45, 2.75) is 26.7 Å². The average molecular weight is 319 g/mol. The molecule has 0 fully saturated rings. The molecule has 1 aliphatic heterocycles. The number of nitrogens with zero attached hydrogens (tertiary/aromatic N) is 1. The molecular formula is C16H21N3O4. The van der Waals surface area contributed by atoms with Crippen LogP contribution in [0.15, 0.2) is 18.2 Å². The Balaban J connectivity index is 2.21. The topological polar surface area (TPSA) is 87.7 Å². The highest BCUT2D eigenvalue weighted by molar-refractivity contribution is 6.03. The van der Waals surface area contributed by atoms with Crippen molar-refractivity contribution in [3.8, 4) is 5.75 Å². The monoisotopic (exact) mass is 319 g/mol. The Morgan fingerprint density at radius 1 is 1.26 bits per heavy atom. The number of ether oxygens (including phenoxy) is 1. The highest BCUT2D eigenvalue weighted by Crippen LogP contribution is 2.34. The Morgan fingerprint density at radius 2 is 2.04 bits per heavy atom. The van der Waals surface area contributed by atoms with E-state index in [0.717, 1.165) is 6.42 Å². The van der Waals surface area contributed by atoms with Crippen LogP contribution in [0.2, 0.25) is 0 Å². The van der Waals surface area contributed by atoms with Crippen LogP contribution in [0.25, 0.3) is 0 Å². The highest BCUT2D eigenvalue weighted by atomic mass is 16.5. The van der Waals surface area contributed by atoms with E-state index in [-0.39, 0.29) is 30.9 Å². The molecule has 1 heterocycles. The number of amides is 3. The third-order valence-electron chi connectivity index (χ3n) is 3.38. The van der Waals surface area contributed by atoms with Crippen molar-refractivity contribution in [2.24, 2.45) is 0 Å². The summed E-state index contributed by atoms with van der Waals surface area (Å²) in [7, 11) is 0. The maximum atomic E-state index is 12.1. The van der Waals surface area contributed by atoms with Gasteiger partial charge in [-0.15, -0.1) is 0 Å². The van der Waals surface area contributed by atoms with Crippen molar-refractivity contribution in [3.05, 3.63) is 18.2 Å². The minimum Gasteiger partial charge on any atom is -0.482 e. The fraction of sp³-hybridized carbons (Fsp3) is 0.438. The molecule has 0 bridgehead atoms. The average Bonchev–Trinajstić information content (AvgIpc) is 2.55. The number of rotatable bonds is 6. The van der Waals surface area contributed by atoms with Gasteiger partial charge >= 0.3 is 0 Å². The third-order valence-corrected chi connectivity index (χ3v) is 3.38. The first-order valence-corrected chi connectivity index (χ1v) is 7.69. The number of carbonyl (C=O) groups is 3. The van der Waals surface area contributed by atoms with Gasteiger partial charge < -0.3 is 15.4 Å². The molecule has 0 aromatic heterocycles. The van der Waals surface area contributed by atoms with Crippen LogP contribution < -0.4 is 20.3 Å². The van der Waals surface area contributed by atoms with E-state index in [9.17, 15) is 14.4 Å². The summed E-state index contributed by atoms with van der Waals surface area (Å²) in [5.41, 5.74) is 1.05. The van der Waals surface area contributed by atoms with Crippen molar-refractivity contribution in [3.63, 3.8) is 0 Å². The zero-order valence-electron chi connectivity index (χ0n) is 13.3.